The first-order chi connectivity index (χ1) is 8.58. The SMILES string of the molecule is O=C(Nc1c(F)cc(Br)cc1F)C1CCCCN1. The van der Waals surface area contributed by atoms with Gasteiger partial charge in [0.25, 0.3) is 0 Å². The Morgan fingerprint density at radius 3 is 2.56 bits per heavy atom. The van der Waals surface area contributed by atoms with Gasteiger partial charge in [0, 0.05) is 4.47 Å². The average molecular weight is 319 g/mol. The van der Waals surface area contributed by atoms with Crippen LogP contribution in [-0.2, 0) is 4.79 Å². The molecule has 0 spiro atoms. The Labute approximate surface area is 112 Å². The van der Waals surface area contributed by atoms with Gasteiger partial charge < -0.3 is 10.6 Å². The lowest BCUT2D eigenvalue weighted by Crippen LogP contribution is -2.43. The lowest BCUT2D eigenvalue weighted by atomic mass is 10.0. The Morgan fingerprint density at radius 1 is 1.33 bits per heavy atom. The molecule has 1 aromatic carbocycles. The fourth-order valence-corrected chi connectivity index (χ4v) is 2.35. The number of anilines is 1. The number of halogens is 3. The molecule has 18 heavy (non-hydrogen) atoms. The van der Waals surface area contributed by atoms with Crippen molar-refractivity contribution in [1.29, 1.82) is 0 Å². The summed E-state index contributed by atoms with van der Waals surface area (Å²) in [6, 6.07) is 1.86. The Morgan fingerprint density at radius 2 is 2.00 bits per heavy atom. The van der Waals surface area contributed by atoms with Crippen molar-refractivity contribution in [1.82, 2.24) is 5.32 Å². The molecule has 1 aromatic rings. The molecule has 1 unspecified atom stereocenters. The maximum absolute atomic E-state index is 13.5. The van der Waals surface area contributed by atoms with Crippen molar-refractivity contribution < 1.29 is 13.6 Å². The van der Waals surface area contributed by atoms with Crippen molar-refractivity contribution in [3.8, 4) is 0 Å². The van der Waals surface area contributed by atoms with Crippen LogP contribution in [0.4, 0.5) is 14.5 Å². The van der Waals surface area contributed by atoms with Crippen LogP contribution in [-0.4, -0.2) is 18.5 Å². The summed E-state index contributed by atoms with van der Waals surface area (Å²) in [7, 11) is 0. The summed E-state index contributed by atoms with van der Waals surface area (Å²) in [5.74, 6) is -1.97. The van der Waals surface area contributed by atoms with Crippen molar-refractivity contribution in [3.05, 3.63) is 28.2 Å². The minimum absolute atomic E-state index is 0.297. The summed E-state index contributed by atoms with van der Waals surface area (Å²) in [5, 5.41) is 5.33. The number of hydrogen-bond donors (Lipinski definition) is 2. The number of piperidine rings is 1. The van der Waals surface area contributed by atoms with Crippen LogP contribution in [0.25, 0.3) is 0 Å². The number of rotatable bonds is 2. The van der Waals surface area contributed by atoms with Crippen LogP contribution in [0.5, 0.6) is 0 Å². The molecule has 2 N–H and O–H groups in total. The Balaban J connectivity index is 2.11. The molecule has 98 valence electrons. The summed E-state index contributed by atoms with van der Waals surface area (Å²) < 4.78 is 27.4. The number of benzene rings is 1. The monoisotopic (exact) mass is 318 g/mol. The van der Waals surface area contributed by atoms with Crippen molar-refractivity contribution in [2.75, 3.05) is 11.9 Å². The average Bonchev–Trinajstić information content (AvgIpc) is 2.34. The smallest absolute Gasteiger partial charge is 0.241 e. The van der Waals surface area contributed by atoms with Gasteiger partial charge >= 0.3 is 0 Å². The van der Waals surface area contributed by atoms with E-state index in [4.69, 9.17) is 0 Å². The lowest BCUT2D eigenvalue weighted by Gasteiger charge is -2.22. The van der Waals surface area contributed by atoms with Crippen molar-refractivity contribution in [3.63, 3.8) is 0 Å². The van der Waals surface area contributed by atoms with Gasteiger partial charge in [0.15, 0.2) is 11.6 Å². The van der Waals surface area contributed by atoms with Gasteiger partial charge in [0.05, 0.1) is 6.04 Å². The zero-order chi connectivity index (χ0) is 13.1. The highest BCUT2D eigenvalue weighted by Gasteiger charge is 2.22. The predicted octanol–water partition coefficient (Wildman–Crippen LogP) is 2.81. The fraction of sp³-hybridized carbons (Fsp3) is 0.417. The van der Waals surface area contributed by atoms with Crippen LogP contribution >= 0.6 is 15.9 Å². The van der Waals surface area contributed by atoms with E-state index in [1.54, 1.807) is 0 Å². The van der Waals surface area contributed by atoms with E-state index in [1.807, 2.05) is 0 Å². The third-order valence-corrected chi connectivity index (χ3v) is 3.34. The van der Waals surface area contributed by atoms with Gasteiger partial charge in [-0.3, -0.25) is 4.79 Å². The third kappa shape index (κ3) is 3.05. The molecule has 1 saturated heterocycles. The van der Waals surface area contributed by atoms with Gasteiger partial charge in [0.1, 0.15) is 5.69 Å². The zero-order valence-corrected chi connectivity index (χ0v) is 11.2. The van der Waals surface area contributed by atoms with Crippen LogP contribution in [0, 0.1) is 11.6 Å². The third-order valence-electron chi connectivity index (χ3n) is 2.88. The molecule has 1 aliphatic rings. The molecule has 0 saturated carbocycles. The maximum Gasteiger partial charge on any atom is 0.241 e. The van der Waals surface area contributed by atoms with Gasteiger partial charge in [-0.05, 0) is 31.5 Å². The molecule has 0 aliphatic carbocycles. The second kappa shape index (κ2) is 5.75. The normalized spacial score (nSPS) is 19.6. The molecule has 0 bridgehead atoms. The highest BCUT2D eigenvalue weighted by molar-refractivity contribution is 9.10. The summed E-state index contributed by atoms with van der Waals surface area (Å²) in [4.78, 5) is 11.8. The maximum atomic E-state index is 13.5. The van der Waals surface area contributed by atoms with E-state index >= 15 is 0 Å². The first kappa shape index (κ1) is 13.4. The van der Waals surface area contributed by atoms with Crippen LogP contribution in [0.15, 0.2) is 16.6 Å². The van der Waals surface area contributed by atoms with Gasteiger partial charge in [-0.25, -0.2) is 8.78 Å². The standard InChI is InChI=1S/C12H13BrF2N2O/c13-7-5-8(14)11(9(15)6-7)17-12(18)10-3-1-2-4-16-10/h5-6,10,16H,1-4H2,(H,17,18). The highest BCUT2D eigenvalue weighted by atomic mass is 79.9. The van der Waals surface area contributed by atoms with Crippen LogP contribution < -0.4 is 10.6 Å². The van der Waals surface area contributed by atoms with E-state index in [2.05, 4.69) is 26.6 Å². The van der Waals surface area contributed by atoms with Gasteiger partial charge in [-0.15, -0.1) is 0 Å². The summed E-state index contributed by atoms with van der Waals surface area (Å²) in [6.45, 7) is 0.753. The Hall–Kier alpha value is -1.01. The molecular formula is C12H13BrF2N2O. The summed E-state index contributed by atoms with van der Waals surface area (Å²) in [5.41, 5.74) is -0.393. The van der Waals surface area contributed by atoms with Crippen LogP contribution in [0.2, 0.25) is 0 Å². The van der Waals surface area contributed by atoms with E-state index in [9.17, 15) is 13.6 Å². The van der Waals surface area contributed by atoms with Gasteiger partial charge in [0.2, 0.25) is 5.91 Å². The molecule has 1 amide bonds. The van der Waals surface area contributed by atoms with Gasteiger partial charge in [-0.2, -0.15) is 0 Å². The molecule has 1 atom stereocenters. The number of nitrogens with one attached hydrogen (secondary N) is 2. The van der Waals surface area contributed by atoms with Crippen molar-refractivity contribution in [2.45, 2.75) is 25.3 Å². The molecule has 6 heteroatoms. The second-order valence-corrected chi connectivity index (χ2v) is 5.15. The van der Waals surface area contributed by atoms with E-state index in [0.29, 0.717) is 10.9 Å². The lowest BCUT2D eigenvalue weighted by molar-refractivity contribution is -0.118. The minimum atomic E-state index is -0.786. The molecule has 0 aromatic heterocycles. The highest BCUT2D eigenvalue weighted by Crippen LogP contribution is 2.24. The topological polar surface area (TPSA) is 41.1 Å². The predicted molar refractivity (Wildman–Crippen MR) is 68.3 cm³/mol. The van der Waals surface area contributed by atoms with Crippen LogP contribution in [0.3, 0.4) is 0 Å². The first-order valence-electron chi connectivity index (χ1n) is 5.76. The Bertz CT molecular complexity index is 438. The van der Waals surface area contributed by atoms with Crippen molar-refractivity contribution in [2.24, 2.45) is 0 Å². The first-order valence-corrected chi connectivity index (χ1v) is 6.56. The van der Waals surface area contributed by atoms with E-state index in [0.717, 1.165) is 31.5 Å². The fourth-order valence-electron chi connectivity index (χ4n) is 1.95. The summed E-state index contributed by atoms with van der Waals surface area (Å²) in [6.07, 6.45) is 2.65. The van der Waals surface area contributed by atoms with Crippen LogP contribution in [0.1, 0.15) is 19.3 Å². The molecule has 1 fully saturated rings. The van der Waals surface area contributed by atoms with E-state index in [-0.39, 0.29) is 6.04 Å². The number of carbonyl (C=O) groups is 1. The van der Waals surface area contributed by atoms with Crippen molar-refractivity contribution >= 4 is 27.5 Å². The number of hydrogen-bond acceptors (Lipinski definition) is 2. The quantitative estimate of drug-likeness (QED) is 0.880. The molecule has 1 aliphatic heterocycles. The van der Waals surface area contributed by atoms with E-state index in [1.165, 1.54) is 0 Å². The minimum Gasteiger partial charge on any atom is -0.320 e. The number of amides is 1. The molecular weight excluding hydrogens is 306 g/mol. The Kier molecular flexibility index (Phi) is 4.29. The molecule has 1 heterocycles. The zero-order valence-electron chi connectivity index (χ0n) is 9.60. The largest absolute Gasteiger partial charge is 0.320 e. The molecule has 0 radical (unpaired) electrons. The second-order valence-electron chi connectivity index (χ2n) is 4.24. The van der Waals surface area contributed by atoms with E-state index < -0.39 is 23.2 Å². The van der Waals surface area contributed by atoms with Gasteiger partial charge in [-0.1, -0.05) is 22.4 Å². The number of carbonyl (C=O) groups excluding carboxylic acids is 1. The molecule has 2 rings (SSSR count). The summed E-state index contributed by atoms with van der Waals surface area (Å²) >= 11 is 2.98. The molecule has 3 nitrogen and oxygen atoms in total.